The van der Waals surface area contributed by atoms with Gasteiger partial charge in [0.2, 0.25) is 5.82 Å². The third-order valence-corrected chi connectivity index (χ3v) is 3.67. The minimum Gasteiger partial charge on any atom is -0.394 e. The molecule has 2 heterocycles. The molecule has 0 saturated carbocycles. The van der Waals surface area contributed by atoms with Crippen LogP contribution in [0.15, 0.2) is 15.8 Å². The third kappa shape index (κ3) is 3.11. The molecular formula is C13H17FN2O7. The Labute approximate surface area is 129 Å². The number of aliphatic hydroxyl groups is 3. The molecule has 1 aliphatic heterocycles. The smallest absolute Gasteiger partial charge is 0.333 e. The first-order valence-corrected chi connectivity index (χ1v) is 6.97. The van der Waals surface area contributed by atoms with Gasteiger partial charge >= 0.3 is 5.69 Å². The number of ketones is 1. The average Bonchev–Trinajstić information content (AvgIpc) is 2.82. The fourth-order valence-electron chi connectivity index (χ4n) is 2.31. The molecule has 1 aromatic heterocycles. The summed E-state index contributed by atoms with van der Waals surface area (Å²) < 4.78 is 19.9. The highest BCUT2D eigenvalue weighted by molar-refractivity contribution is 5.77. The Morgan fingerprint density at radius 3 is 2.52 bits per heavy atom. The number of rotatable bonds is 5. The van der Waals surface area contributed by atoms with Gasteiger partial charge in [-0.3, -0.25) is 18.7 Å². The first kappa shape index (κ1) is 17.5. The van der Waals surface area contributed by atoms with Crippen LogP contribution in [0.1, 0.15) is 19.6 Å². The van der Waals surface area contributed by atoms with Gasteiger partial charge in [0.15, 0.2) is 12.0 Å². The number of aromatic nitrogens is 2. The summed E-state index contributed by atoms with van der Waals surface area (Å²) in [5.41, 5.74) is -2.33. The zero-order valence-corrected chi connectivity index (χ0v) is 12.3. The summed E-state index contributed by atoms with van der Waals surface area (Å²) in [6.07, 6.45) is -5.17. The maximum Gasteiger partial charge on any atom is 0.333 e. The number of hydrogen-bond donors (Lipinski definition) is 3. The standard InChI is InChI=1S/C13H17FN2O7/c1-2-6(18)3-15-11(21)7(14)4-16(13(15)22)12-10(20)9(19)8(5-17)23-12/h4,8-10,12,17,19-20H,2-3,5H2,1H3/t8-,9-,10-,12-/m1/s1. The van der Waals surface area contributed by atoms with E-state index in [9.17, 15) is 29.0 Å². The number of carbonyl (C=O) groups is 1. The molecule has 128 valence electrons. The van der Waals surface area contributed by atoms with Gasteiger partial charge in [-0.15, -0.1) is 0 Å². The summed E-state index contributed by atoms with van der Waals surface area (Å²) in [6.45, 7) is 0.290. The van der Waals surface area contributed by atoms with Gasteiger partial charge < -0.3 is 20.1 Å². The van der Waals surface area contributed by atoms with E-state index >= 15 is 0 Å². The number of nitrogens with zero attached hydrogens (tertiary/aromatic N) is 2. The first-order valence-electron chi connectivity index (χ1n) is 6.97. The molecule has 2 rings (SSSR count). The van der Waals surface area contributed by atoms with Gasteiger partial charge in [-0.1, -0.05) is 6.92 Å². The van der Waals surface area contributed by atoms with E-state index in [0.717, 1.165) is 0 Å². The summed E-state index contributed by atoms with van der Waals surface area (Å²) in [6, 6.07) is 0. The van der Waals surface area contributed by atoms with Crippen LogP contribution in [-0.2, 0) is 16.1 Å². The number of hydrogen-bond acceptors (Lipinski definition) is 7. The Morgan fingerprint density at radius 2 is 2.00 bits per heavy atom. The molecule has 3 N–H and O–H groups in total. The molecule has 0 aliphatic carbocycles. The van der Waals surface area contributed by atoms with Crippen molar-refractivity contribution >= 4 is 5.78 Å². The second kappa shape index (κ2) is 6.71. The van der Waals surface area contributed by atoms with Gasteiger partial charge in [0.05, 0.1) is 19.3 Å². The fraction of sp³-hybridized carbons (Fsp3) is 0.615. The van der Waals surface area contributed by atoms with Gasteiger partial charge in [0.1, 0.15) is 18.3 Å². The first-order chi connectivity index (χ1) is 10.8. The van der Waals surface area contributed by atoms with Crippen LogP contribution >= 0.6 is 0 Å². The monoisotopic (exact) mass is 332 g/mol. The molecule has 4 atom stereocenters. The molecule has 9 nitrogen and oxygen atoms in total. The van der Waals surface area contributed by atoms with E-state index in [1.807, 2.05) is 0 Å². The van der Waals surface area contributed by atoms with Gasteiger partial charge in [-0.25, -0.2) is 4.79 Å². The Bertz CT molecular complexity index is 713. The van der Waals surface area contributed by atoms with Crippen LogP contribution in [0.25, 0.3) is 0 Å². The topological polar surface area (TPSA) is 131 Å². The van der Waals surface area contributed by atoms with Gasteiger partial charge in [0, 0.05) is 6.42 Å². The molecule has 0 amide bonds. The fourth-order valence-corrected chi connectivity index (χ4v) is 2.31. The van der Waals surface area contributed by atoms with Crippen LogP contribution in [0.2, 0.25) is 0 Å². The van der Waals surface area contributed by atoms with Crippen molar-refractivity contribution in [1.29, 1.82) is 0 Å². The molecule has 1 aliphatic rings. The number of aliphatic hydroxyl groups excluding tert-OH is 3. The molecule has 10 heteroatoms. The molecule has 0 bridgehead atoms. The Balaban J connectivity index is 2.50. The maximum absolute atomic E-state index is 13.8. The highest BCUT2D eigenvalue weighted by Crippen LogP contribution is 2.27. The van der Waals surface area contributed by atoms with Crippen LogP contribution in [0.5, 0.6) is 0 Å². The van der Waals surface area contributed by atoms with Crippen molar-refractivity contribution in [2.45, 2.75) is 44.4 Å². The van der Waals surface area contributed by atoms with E-state index in [-0.39, 0.29) is 6.42 Å². The van der Waals surface area contributed by atoms with Crippen LogP contribution in [0.3, 0.4) is 0 Å². The van der Waals surface area contributed by atoms with E-state index in [1.165, 1.54) is 6.92 Å². The van der Waals surface area contributed by atoms with Crippen molar-refractivity contribution in [1.82, 2.24) is 9.13 Å². The molecule has 0 spiro atoms. The lowest BCUT2D eigenvalue weighted by Crippen LogP contribution is -2.45. The molecule has 1 saturated heterocycles. The zero-order chi connectivity index (χ0) is 17.3. The summed E-state index contributed by atoms with van der Waals surface area (Å²) in [5.74, 6) is -1.77. The van der Waals surface area contributed by atoms with Crippen LogP contribution < -0.4 is 11.2 Å². The Hall–Kier alpha value is -1.88. The van der Waals surface area contributed by atoms with Gasteiger partial charge in [0.25, 0.3) is 5.56 Å². The van der Waals surface area contributed by atoms with Crippen molar-refractivity contribution in [3.8, 4) is 0 Å². The zero-order valence-electron chi connectivity index (χ0n) is 12.3. The van der Waals surface area contributed by atoms with Crippen LogP contribution in [0, 0.1) is 5.82 Å². The Kier molecular flexibility index (Phi) is 5.09. The number of Topliss-reactive ketones (excluding diaryl/α,β-unsaturated/α-hetero) is 1. The predicted molar refractivity (Wildman–Crippen MR) is 73.2 cm³/mol. The predicted octanol–water partition coefficient (Wildman–Crippen LogP) is -2.26. The number of halogens is 1. The molecule has 0 aromatic carbocycles. The van der Waals surface area contributed by atoms with E-state index < -0.39 is 60.5 Å². The molecule has 1 aromatic rings. The van der Waals surface area contributed by atoms with E-state index in [0.29, 0.717) is 15.3 Å². The van der Waals surface area contributed by atoms with Crippen LogP contribution in [-0.4, -0.2) is 55.2 Å². The highest BCUT2D eigenvalue weighted by atomic mass is 19.1. The highest BCUT2D eigenvalue weighted by Gasteiger charge is 2.44. The molecule has 1 fully saturated rings. The van der Waals surface area contributed by atoms with E-state index in [2.05, 4.69) is 0 Å². The van der Waals surface area contributed by atoms with Gasteiger partial charge in [-0.05, 0) is 0 Å². The van der Waals surface area contributed by atoms with Crippen molar-refractivity contribution in [3.63, 3.8) is 0 Å². The minimum absolute atomic E-state index is 0.0518. The lowest BCUT2D eigenvalue weighted by Gasteiger charge is -2.18. The number of ether oxygens (including phenoxy) is 1. The van der Waals surface area contributed by atoms with Crippen LogP contribution in [0.4, 0.5) is 4.39 Å². The average molecular weight is 332 g/mol. The molecular weight excluding hydrogens is 315 g/mol. The summed E-state index contributed by atoms with van der Waals surface area (Å²) in [7, 11) is 0. The van der Waals surface area contributed by atoms with Gasteiger partial charge in [-0.2, -0.15) is 4.39 Å². The second-order valence-electron chi connectivity index (χ2n) is 5.18. The largest absolute Gasteiger partial charge is 0.394 e. The molecule has 0 radical (unpaired) electrons. The lowest BCUT2D eigenvalue weighted by molar-refractivity contribution is -0.119. The van der Waals surface area contributed by atoms with E-state index in [4.69, 9.17) is 9.84 Å². The van der Waals surface area contributed by atoms with Crippen molar-refractivity contribution < 1.29 is 29.2 Å². The Morgan fingerprint density at radius 1 is 1.35 bits per heavy atom. The summed E-state index contributed by atoms with van der Waals surface area (Å²) >= 11 is 0. The van der Waals surface area contributed by atoms with Crippen molar-refractivity contribution in [3.05, 3.63) is 32.9 Å². The SMILES string of the molecule is CCC(=O)Cn1c(=O)c(F)cn([C@@H]2O[C@H](CO)[C@@H](O)[C@H]2O)c1=O. The van der Waals surface area contributed by atoms with Crippen molar-refractivity contribution in [2.24, 2.45) is 0 Å². The van der Waals surface area contributed by atoms with Crippen molar-refractivity contribution in [2.75, 3.05) is 6.61 Å². The quantitative estimate of drug-likeness (QED) is 0.554. The number of carbonyl (C=O) groups excluding carboxylic acids is 1. The molecule has 0 unspecified atom stereocenters. The molecule has 23 heavy (non-hydrogen) atoms. The van der Waals surface area contributed by atoms with E-state index in [1.54, 1.807) is 0 Å². The third-order valence-electron chi connectivity index (χ3n) is 3.67. The minimum atomic E-state index is -1.61. The second-order valence-corrected chi connectivity index (χ2v) is 5.18. The summed E-state index contributed by atoms with van der Waals surface area (Å²) in [5, 5.41) is 28.6. The maximum atomic E-state index is 13.8. The normalized spacial score (nSPS) is 27.3. The summed E-state index contributed by atoms with van der Waals surface area (Å²) in [4.78, 5) is 35.5. The lowest BCUT2D eigenvalue weighted by atomic mass is 10.1.